The molecule has 0 radical (unpaired) electrons. The van der Waals surface area contributed by atoms with Crippen LogP contribution in [0.25, 0.3) is 11.0 Å². The van der Waals surface area contributed by atoms with Crippen molar-refractivity contribution in [1.82, 2.24) is 24.4 Å². The Kier molecular flexibility index (Phi) is 3.64. The van der Waals surface area contributed by atoms with E-state index >= 15 is 0 Å². The molecule has 0 spiro atoms. The van der Waals surface area contributed by atoms with Gasteiger partial charge in [-0.15, -0.1) is 0 Å². The average molecular weight is 345 g/mol. The molecular formula is C17H17F2N5O. The van der Waals surface area contributed by atoms with Gasteiger partial charge in [-0.1, -0.05) is 12.1 Å². The molecule has 1 N–H and O–H groups in total. The van der Waals surface area contributed by atoms with E-state index in [0.717, 1.165) is 4.57 Å². The van der Waals surface area contributed by atoms with Gasteiger partial charge in [-0.3, -0.25) is 14.3 Å². The van der Waals surface area contributed by atoms with Crippen molar-refractivity contribution in [2.24, 2.45) is 0 Å². The van der Waals surface area contributed by atoms with Crippen LogP contribution in [-0.4, -0.2) is 24.4 Å². The number of halogens is 2. The number of aromatic amines is 1. The molecule has 130 valence electrons. The molecule has 0 unspecified atom stereocenters. The van der Waals surface area contributed by atoms with Gasteiger partial charge in [0.25, 0.3) is 5.56 Å². The molecule has 0 aliphatic carbocycles. The summed E-state index contributed by atoms with van der Waals surface area (Å²) in [5, 5.41) is 0. The Morgan fingerprint density at radius 2 is 1.96 bits per heavy atom. The standard InChI is InChI=1S/C17H17F2N5O/c1-9(23-7-11-13(8-23)20-10(2)21-16(11)25)15-22-12-5-3-4-6-14(12)24(15)17(18)19/h3-6,9,17H,7-8H2,1-2H3,(H,20,21,25)/t9-/m0/s1. The number of fused-ring (bicyclic) bond motifs is 2. The van der Waals surface area contributed by atoms with Crippen molar-refractivity contribution in [2.75, 3.05) is 0 Å². The van der Waals surface area contributed by atoms with Crippen molar-refractivity contribution >= 4 is 11.0 Å². The molecule has 0 fully saturated rings. The van der Waals surface area contributed by atoms with E-state index in [0.29, 0.717) is 41.2 Å². The van der Waals surface area contributed by atoms with Gasteiger partial charge in [-0.25, -0.2) is 9.97 Å². The van der Waals surface area contributed by atoms with E-state index in [1.165, 1.54) is 0 Å². The van der Waals surface area contributed by atoms with E-state index in [9.17, 15) is 13.6 Å². The summed E-state index contributed by atoms with van der Waals surface area (Å²) >= 11 is 0. The van der Waals surface area contributed by atoms with Gasteiger partial charge in [-0.05, 0) is 26.0 Å². The van der Waals surface area contributed by atoms with E-state index in [1.54, 1.807) is 31.2 Å². The number of hydrogen-bond acceptors (Lipinski definition) is 4. The van der Waals surface area contributed by atoms with Gasteiger partial charge in [0.15, 0.2) is 0 Å². The Hall–Kier alpha value is -2.61. The van der Waals surface area contributed by atoms with Gasteiger partial charge in [0.1, 0.15) is 11.6 Å². The quantitative estimate of drug-likeness (QED) is 0.793. The lowest BCUT2D eigenvalue weighted by Crippen LogP contribution is -2.25. The Balaban J connectivity index is 1.74. The molecule has 3 aromatic rings. The maximum absolute atomic E-state index is 13.7. The molecule has 0 bridgehead atoms. The SMILES string of the molecule is Cc1nc2c(c(=O)[nH]1)CN([C@@H](C)c1nc3ccccc3n1C(F)F)C2. The summed E-state index contributed by atoms with van der Waals surface area (Å²) in [7, 11) is 0. The zero-order chi connectivity index (χ0) is 17.7. The highest BCUT2D eigenvalue weighted by atomic mass is 19.3. The molecule has 4 rings (SSSR count). The third kappa shape index (κ3) is 2.53. The summed E-state index contributed by atoms with van der Waals surface area (Å²) in [5.41, 5.74) is 2.07. The van der Waals surface area contributed by atoms with Crippen LogP contribution >= 0.6 is 0 Å². The molecule has 8 heteroatoms. The molecule has 6 nitrogen and oxygen atoms in total. The minimum atomic E-state index is -2.68. The third-order valence-corrected chi connectivity index (χ3v) is 4.67. The van der Waals surface area contributed by atoms with Crippen molar-refractivity contribution < 1.29 is 8.78 Å². The van der Waals surface area contributed by atoms with Crippen molar-refractivity contribution in [1.29, 1.82) is 0 Å². The number of aryl methyl sites for hydroxylation is 1. The van der Waals surface area contributed by atoms with E-state index in [4.69, 9.17) is 0 Å². The first kappa shape index (κ1) is 15.9. The summed E-state index contributed by atoms with van der Waals surface area (Å²) in [5.74, 6) is 0.843. The number of nitrogens with one attached hydrogen (secondary N) is 1. The largest absolute Gasteiger partial charge is 0.320 e. The van der Waals surface area contributed by atoms with Gasteiger partial charge in [0.2, 0.25) is 0 Å². The number of benzene rings is 1. The smallest absolute Gasteiger partial charge is 0.310 e. The second-order valence-electron chi connectivity index (χ2n) is 6.26. The lowest BCUT2D eigenvalue weighted by Gasteiger charge is -2.23. The number of rotatable bonds is 3. The zero-order valence-electron chi connectivity index (χ0n) is 13.8. The van der Waals surface area contributed by atoms with Crippen LogP contribution in [0.1, 0.15) is 42.4 Å². The van der Waals surface area contributed by atoms with Crippen LogP contribution < -0.4 is 5.56 Å². The fourth-order valence-electron chi connectivity index (χ4n) is 3.41. The second-order valence-corrected chi connectivity index (χ2v) is 6.26. The van der Waals surface area contributed by atoms with Crippen LogP contribution in [0.3, 0.4) is 0 Å². The van der Waals surface area contributed by atoms with Crippen LogP contribution in [0.5, 0.6) is 0 Å². The molecule has 1 aromatic carbocycles. The molecule has 2 aromatic heterocycles. The van der Waals surface area contributed by atoms with Crippen molar-refractivity contribution in [3.8, 4) is 0 Å². The molecule has 1 atom stereocenters. The Morgan fingerprint density at radius 3 is 2.72 bits per heavy atom. The first-order valence-corrected chi connectivity index (χ1v) is 8.03. The topological polar surface area (TPSA) is 66.8 Å². The van der Waals surface area contributed by atoms with Crippen molar-refractivity contribution in [3.05, 3.63) is 57.5 Å². The fraction of sp³-hybridized carbons (Fsp3) is 0.353. The number of hydrogen-bond donors (Lipinski definition) is 1. The number of H-pyrrole nitrogens is 1. The van der Waals surface area contributed by atoms with Gasteiger partial charge in [0, 0.05) is 13.1 Å². The number of imidazole rings is 1. The van der Waals surface area contributed by atoms with E-state index in [2.05, 4.69) is 15.0 Å². The van der Waals surface area contributed by atoms with Crippen LogP contribution in [0, 0.1) is 6.92 Å². The number of para-hydroxylation sites is 2. The van der Waals surface area contributed by atoms with Crippen LogP contribution in [0.4, 0.5) is 8.78 Å². The predicted octanol–water partition coefficient (Wildman–Crippen LogP) is 2.90. The lowest BCUT2D eigenvalue weighted by molar-refractivity contribution is 0.0643. The highest BCUT2D eigenvalue weighted by molar-refractivity contribution is 5.76. The summed E-state index contributed by atoms with van der Waals surface area (Å²) in [6.07, 6.45) is 0. The molecule has 25 heavy (non-hydrogen) atoms. The van der Waals surface area contributed by atoms with E-state index in [-0.39, 0.29) is 17.4 Å². The van der Waals surface area contributed by atoms with Gasteiger partial charge in [-0.2, -0.15) is 8.78 Å². The monoisotopic (exact) mass is 345 g/mol. The minimum absolute atomic E-state index is 0.167. The van der Waals surface area contributed by atoms with Crippen LogP contribution in [-0.2, 0) is 13.1 Å². The van der Waals surface area contributed by atoms with Gasteiger partial charge < -0.3 is 4.98 Å². The molecule has 0 saturated carbocycles. The Bertz CT molecular complexity index is 1010. The van der Waals surface area contributed by atoms with Crippen molar-refractivity contribution in [2.45, 2.75) is 39.5 Å². The normalized spacial score (nSPS) is 15.9. The number of alkyl halides is 2. The first-order valence-electron chi connectivity index (χ1n) is 8.03. The van der Waals surface area contributed by atoms with Crippen LogP contribution in [0.2, 0.25) is 0 Å². The first-order chi connectivity index (χ1) is 12.0. The summed E-state index contributed by atoms with van der Waals surface area (Å²) < 4.78 is 28.3. The zero-order valence-corrected chi connectivity index (χ0v) is 13.8. The van der Waals surface area contributed by atoms with Gasteiger partial charge >= 0.3 is 6.55 Å². The Morgan fingerprint density at radius 1 is 1.20 bits per heavy atom. The highest BCUT2D eigenvalue weighted by Crippen LogP contribution is 2.32. The summed E-state index contributed by atoms with van der Waals surface area (Å²) in [6, 6.07) is 6.47. The number of aromatic nitrogens is 4. The molecular weight excluding hydrogens is 328 g/mol. The predicted molar refractivity (Wildman–Crippen MR) is 88.2 cm³/mol. The van der Waals surface area contributed by atoms with E-state index in [1.807, 2.05) is 11.8 Å². The number of nitrogens with zero attached hydrogens (tertiary/aromatic N) is 4. The third-order valence-electron chi connectivity index (χ3n) is 4.67. The van der Waals surface area contributed by atoms with Crippen molar-refractivity contribution in [3.63, 3.8) is 0 Å². The highest BCUT2D eigenvalue weighted by Gasteiger charge is 2.31. The van der Waals surface area contributed by atoms with E-state index < -0.39 is 6.55 Å². The Labute approximate surface area is 142 Å². The summed E-state index contributed by atoms with van der Waals surface area (Å²) in [6.45, 7) is 1.68. The summed E-state index contributed by atoms with van der Waals surface area (Å²) in [4.78, 5) is 25.5. The minimum Gasteiger partial charge on any atom is -0.310 e. The maximum atomic E-state index is 13.7. The maximum Gasteiger partial charge on any atom is 0.320 e. The molecule has 3 heterocycles. The average Bonchev–Trinajstić information content (AvgIpc) is 3.15. The molecule has 0 amide bonds. The van der Waals surface area contributed by atoms with Crippen LogP contribution in [0.15, 0.2) is 29.1 Å². The second kappa shape index (κ2) is 5.73. The lowest BCUT2D eigenvalue weighted by atomic mass is 10.2. The molecule has 1 aliphatic heterocycles. The molecule has 1 aliphatic rings. The van der Waals surface area contributed by atoms with Gasteiger partial charge in [0.05, 0.1) is 28.3 Å². The molecule has 0 saturated heterocycles. The fourth-order valence-corrected chi connectivity index (χ4v) is 3.41.